The van der Waals surface area contributed by atoms with E-state index < -0.39 is 0 Å². The molecule has 2 nitrogen and oxygen atoms in total. The van der Waals surface area contributed by atoms with Crippen LogP contribution >= 0.6 is 23.2 Å². The molecule has 4 heteroatoms. The summed E-state index contributed by atoms with van der Waals surface area (Å²) in [5.41, 5.74) is 0.656. The monoisotopic (exact) mass is 283 g/mol. The van der Waals surface area contributed by atoms with Gasteiger partial charge in [0.2, 0.25) is 0 Å². The van der Waals surface area contributed by atoms with Crippen LogP contribution in [0.2, 0.25) is 10.0 Å². The highest BCUT2D eigenvalue weighted by atomic mass is 35.5. The molecular formula is C14H15Cl2NO. The van der Waals surface area contributed by atoms with Crippen molar-refractivity contribution in [1.29, 1.82) is 0 Å². The van der Waals surface area contributed by atoms with Crippen molar-refractivity contribution in [2.75, 3.05) is 0 Å². The molecule has 0 aromatic heterocycles. The topological polar surface area (TPSA) is 20.3 Å². The Labute approximate surface area is 117 Å². The number of carbonyl (C=O) groups excluding carboxylic acids is 1. The summed E-state index contributed by atoms with van der Waals surface area (Å²) >= 11 is 11.9. The number of amides is 1. The summed E-state index contributed by atoms with van der Waals surface area (Å²) in [6.07, 6.45) is 5.84. The molecule has 0 aliphatic carbocycles. The van der Waals surface area contributed by atoms with Gasteiger partial charge in [-0.1, -0.05) is 23.2 Å². The first-order valence-corrected chi connectivity index (χ1v) is 7.20. The Morgan fingerprint density at radius 2 is 1.72 bits per heavy atom. The maximum absolute atomic E-state index is 12.5. The SMILES string of the molecule is O=C(c1ccc(Cl)c(Cl)c1)N1[C@@H]2CCC[C@H]1CC2. The van der Waals surface area contributed by atoms with Gasteiger partial charge in [0.05, 0.1) is 10.0 Å². The Morgan fingerprint density at radius 1 is 1.06 bits per heavy atom. The van der Waals surface area contributed by atoms with Crippen LogP contribution in [0.15, 0.2) is 18.2 Å². The largest absolute Gasteiger partial charge is 0.333 e. The van der Waals surface area contributed by atoms with Crippen LogP contribution in [-0.4, -0.2) is 22.9 Å². The van der Waals surface area contributed by atoms with Gasteiger partial charge in [0, 0.05) is 17.6 Å². The highest BCUT2D eigenvalue weighted by Crippen LogP contribution is 2.37. The molecule has 0 unspecified atom stereocenters. The normalized spacial score (nSPS) is 26.4. The van der Waals surface area contributed by atoms with Crippen LogP contribution in [0.5, 0.6) is 0 Å². The zero-order valence-corrected chi connectivity index (χ0v) is 11.5. The number of hydrogen-bond acceptors (Lipinski definition) is 1. The van der Waals surface area contributed by atoms with Crippen LogP contribution in [0.25, 0.3) is 0 Å². The van der Waals surface area contributed by atoms with Gasteiger partial charge in [0.15, 0.2) is 0 Å². The van der Waals surface area contributed by atoms with Gasteiger partial charge < -0.3 is 4.90 Å². The molecule has 1 aromatic carbocycles. The van der Waals surface area contributed by atoms with Gasteiger partial charge in [-0.2, -0.15) is 0 Å². The fourth-order valence-electron chi connectivity index (χ4n) is 3.23. The molecule has 18 heavy (non-hydrogen) atoms. The van der Waals surface area contributed by atoms with Gasteiger partial charge in [-0.25, -0.2) is 0 Å². The third-order valence-electron chi connectivity index (χ3n) is 4.10. The number of nitrogens with zero attached hydrogens (tertiary/aromatic N) is 1. The summed E-state index contributed by atoms with van der Waals surface area (Å²) < 4.78 is 0. The molecule has 0 saturated carbocycles. The highest BCUT2D eigenvalue weighted by molar-refractivity contribution is 6.42. The van der Waals surface area contributed by atoms with E-state index in [1.165, 1.54) is 6.42 Å². The first-order chi connectivity index (χ1) is 8.66. The lowest BCUT2D eigenvalue weighted by molar-refractivity contribution is 0.0595. The van der Waals surface area contributed by atoms with Gasteiger partial charge in [0.25, 0.3) is 5.91 Å². The van der Waals surface area contributed by atoms with E-state index in [1.54, 1.807) is 18.2 Å². The van der Waals surface area contributed by atoms with Crippen LogP contribution in [0, 0.1) is 0 Å². The lowest BCUT2D eigenvalue weighted by Gasteiger charge is -2.34. The summed E-state index contributed by atoms with van der Waals surface area (Å²) in [5.74, 6) is 0.112. The number of rotatable bonds is 1. The molecule has 96 valence electrons. The van der Waals surface area contributed by atoms with Crippen molar-refractivity contribution in [2.24, 2.45) is 0 Å². The van der Waals surface area contributed by atoms with Crippen molar-refractivity contribution < 1.29 is 4.79 Å². The third kappa shape index (κ3) is 2.02. The Kier molecular flexibility index (Phi) is 3.25. The van der Waals surface area contributed by atoms with Crippen LogP contribution in [-0.2, 0) is 0 Å². The van der Waals surface area contributed by atoms with E-state index in [2.05, 4.69) is 4.90 Å². The first kappa shape index (κ1) is 12.3. The number of halogens is 2. The standard InChI is InChI=1S/C14H15Cl2NO/c15-12-7-4-9(8-13(12)16)14(18)17-10-2-1-3-11(17)6-5-10/h4,7-8,10-11H,1-3,5-6H2/t10-,11+. The van der Waals surface area contributed by atoms with Gasteiger partial charge in [-0.3, -0.25) is 4.79 Å². The molecule has 1 aromatic rings. The van der Waals surface area contributed by atoms with Gasteiger partial charge in [0.1, 0.15) is 0 Å². The second-order valence-electron chi connectivity index (χ2n) is 5.16. The lowest BCUT2D eigenvalue weighted by atomic mass is 10.0. The fraction of sp³-hybridized carbons (Fsp3) is 0.500. The number of benzene rings is 1. The average molecular weight is 284 g/mol. The highest BCUT2D eigenvalue weighted by Gasteiger charge is 2.39. The lowest BCUT2D eigenvalue weighted by Crippen LogP contribution is -2.43. The van der Waals surface area contributed by atoms with E-state index >= 15 is 0 Å². The summed E-state index contributed by atoms with van der Waals surface area (Å²) in [7, 11) is 0. The molecular weight excluding hydrogens is 269 g/mol. The van der Waals surface area contributed by atoms with Crippen molar-refractivity contribution in [1.82, 2.24) is 4.90 Å². The van der Waals surface area contributed by atoms with Crippen molar-refractivity contribution in [3.63, 3.8) is 0 Å². The molecule has 2 saturated heterocycles. The quantitative estimate of drug-likeness (QED) is 0.758. The van der Waals surface area contributed by atoms with Crippen LogP contribution in [0.1, 0.15) is 42.5 Å². The second-order valence-corrected chi connectivity index (χ2v) is 5.97. The molecule has 2 atom stereocenters. The van der Waals surface area contributed by atoms with E-state index in [0.29, 0.717) is 27.7 Å². The summed E-state index contributed by atoms with van der Waals surface area (Å²) in [6, 6.07) is 6.02. The van der Waals surface area contributed by atoms with Crippen molar-refractivity contribution >= 4 is 29.1 Å². The Hall–Kier alpha value is -0.730. The minimum absolute atomic E-state index is 0.112. The molecule has 2 aliphatic rings. The predicted molar refractivity (Wildman–Crippen MR) is 73.3 cm³/mol. The Morgan fingerprint density at radius 3 is 2.33 bits per heavy atom. The molecule has 2 aliphatic heterocycles. The molecule has 0 spiro atoms. The van der Waals surface area contributed by atoms with Crippen LogP contribution in [0.4, 0.5) is 0 Å². The predicted octanol–water partition coefficient (Wildman–Crippen LogP) is 4.15. The van der Waals surface area contributed by atoms with Crippen LogP contribution < -0.4 is 0 Å². The van der Waals surface area contributed by atoms with E-state index in [0.717, 1.165) is 25.7 Å². The van der Waals surface area contributed by atoms with E-state index in [-0.39, 0.29) is 5.91 Å². The molecule has 2 heterocycles. The number of hydrogen-bond donors (Lipinski definition) is 0. The fourth-order valence-corrected chi connectivity index (χ4v) is 3.53. The molecule has 0 N–H and O–H groups in total. The number of piperidine rings is 1. The summed E-state index contributed by atoms with van der Waals surface area (Å²) in [5, 5.41) is 0.946. The molecule has 2 bridgehead atoms. The average Bonchev–Trinajstić information content (AvgIpc) is 2.61. The number of fused-ring (bicyclic) bond motifs is 2. The van der Waals surface area contributed by atoms with Gasteiger partial charge in [-0.05, 0) is 50.3 Å². The molecule has 0 radical (unpaired) electrons. The minimum Gasteiger partial charge on any atom is -0.333 e. The third-order valence-corrected chi connectivity index (χ3v) is 4.83. The smallest absolute Gasteiger partial charge is 0.254 e. The number of carbonyl (C=O) groups is 1. The van der Waals surface area contributed by atoms with E-state index in [1.807, 2.05) is 0 Å². The van der Waals surface area contributed by atoms with Crippen LogP contribution in [0.3, 0.4) is 0 Å². The minimum atomic E-state index is 0.112. The van der Waals surface area contributed by atoms with Crippen molar-refractivity contribution in [2.45, 2.75) is 44.2 Å². The molecule has 1 amide bonds. The zero-order chi connectivity index (χ0) is 12.7. The van der Waals surface area contributed by atoms with Crippen molar-refractivity contribution in [3.8, 4) is 0 Å². The van der Waals surface area contributed by atoms with E-state index in [4.69, 9.17) is 23.2 Å². The maximum atomic E-state index is 12.5. The van der Waals surface area contributed by atoms with Gasteiger partial charge in [-0.15, -0.1) is 0 Å². The Balaban J connectivity index is 1.88. The first-order valence-electron chi connectivity index (χ1n) is 6.44. The maximum Gasteiger partial charge on any atom is 0.254 e. The summed E-state index contributed by atoms with van der Waals surface area (Å²) in [6.45, 7) is 0. The molecule has 3 rings (SSSR count). The second kappa shape index (κ2) is 4.75. The van der Waals surface area contributed by atoms with E-state index in [9.17, 15) is 4.79 Å². The Bertz CT molecular complexity index is 473. The van der Waals surface area contributed by atoms with Gasteiger partial charge >= 0.3 is 0 Å². The summed E-state index contributed by atoms with van der Waals surface area (Å²) in [4.78, 5) is 14.6. The zero-order valence-electron chi connectivity index (χ0n) is 10.0. The van der Waals surface area contributed by atoms with Crippen molar-refractivity contribution in [3.05, 3.63) is 33.8 Å². The molecule has 2 fully saturated rings.